The van der Waals surface area contributed by atoms with E-state index in [9.17, 15) is 4.79 Å². The van der Waals surface area contributed by atoms with Gasteiger partial charge in [-0.15, -0.1) is 0 Å². The fourth-order valence-corrected chi connectivity index (χ4v) is 1.39. The van der Waals surface area contributed by atoms with Crippen molar-refractivity contribution in [3.63, 3.8) is 0 Å². The van der Waals surface area contributed by atoms with Crippen molar-refractivity contribution in [2.24, 2.45) is 0 Å². The van der Waals surface area contributed by atoms with Gasteiger partial charge in [0.25, 0.3) is 5.91 Å². The van der Waals surface area contributed by atoms with Crippen molar-refractivity contribution in [2.45, 2.75) is 0 Å². The van der Waals surface area contributed by atoms with Crippen molar-refractivity contribution in [2.75, 3.05) is 7.05 Å². The lowest BCUT2D eigenvalue weighted by Crippen LogP contribution is -2.17. The summed E-state index contributed by atoms with van der Waals surface area (Å²) in [5.74, 6) is 1.18. The van der Waals surface area contributed by atoms with Crippen molar-refractivity contribution in [1.82, 2.24) is 10.3 Å². The number of amides is 1. The minimum Gasteiger partial charge on any atom is -0.457 e. The second-order valence-corrected chi connectivity index (χ2v) is 3.39. The Morgan fingerprint density at radius 1 is 1.18 bits per heavy atom. The second-order valence-electron chi connectivity index (χ2n) is 3.39. The molecule has 0 aliphatic rings. The lowest BCUT2D eigenvalue weighted by Gasteiger charge is -2.06. The van der Waals surface area contributed by atoms with Gasteiger partial charge in [0.05, 0.1) is 0 Å². The lowest BCUT2D eigenvalue weighted by molar-refractivity contribution is 0.0963. The van der Waals surface area contributed by atoms with Crippen LogP contribution in [0.5, 0.6) is 11.5 Å². The molecule has 1 amide bonds. The molecule has 1 N–H and O–H groups in total. The van der Waals surface area contributed by atoms with E-state index < -0.39 is 0 Å². The highest BCUT2D eigenvalue weighted by Gasteiger charge is 2.04. The highest BCUT2D eigenvalue weighted by molar-refractivity contribution is 5.94. The molecule has 1 aromatic heterocycles. The summed E-state index contributed by atoms with van der Waals surface area (Å²) >= 11 is 0. The summed E-state index contributed by atoms with van der Waals surface area (Å²) in [6, 6.07) is 10.5. The summed E-state index contributed by atoms with van der Waals surface area (Å²) < 4.78 is 5.59. The molecule has 0 aliphatic heterocycles. The molecule has 1 aromatic carbocycles. The molecule has 0 radical (unpaired) electrons. The van der Waals surface area contributed by atoms with Crippen LogP contribution in [-0.4, -0.2) is 17.9 Å². The summed E-state index contributed by atoms with van der Waals surface area (Å²) in [7, 11) is 1.60. The monoisotopic (exact) mass is 228 g/mol. The zero-order valence-corrected chi connectivity index (χ0v) is 9.38. The van der Waals surface area contributed by atoms with E-state index in [1.54, 1.807) is 55.8 Å². The van der Waals surface area contributed by atoms with Crippen LogP contribution < -0.4 is 10.1 Å². The highest BCUT2D eigenvalue weighted by Crippen LogP contribution is 2.21. The van der Waals surface area contributed by atoms with E-state index in [0.29, 0.717) is 17.1 Å². The van der Waals surface area contributed by atoms with Gasteiger partial charge >= 0.3 is 0 Å². The van der Waals surface area contributed by atoms with Crippen molar-refractivity contribution < 1.29 is 9.53 Å². The average Bonchev–Trinajstić information content (AvgIpc) is 2.39. The van der Waals surface area contributed by atoms with Gasteiger partial charge < -0.3 is 10.1 Å². The van der Waals surface area contributed by atoms with Crippen LogP contribution in [0.3, 0.4) is 0 Å². The first kappa shape index (κ1) is 11.1. The molecule has 0 spiro atoms. The first-order valence-corrected chi connectivity index (χ1v) is 5.19. The smallest absolute Gasteiger partial charge is 0.251 e. The molecule has 2 aromatic rings. The fourth-order valence-electron chi connectivity index (χ4n) is 1.39. The summed E-state index contributed by atoms with van der Waals surface area (Å²) in [6.07, 6.45) is 3.30. The van der Waals surface area contributed by atoms with E-state index in [1.165, 1.54) is 0 Å². The summed E-state index contributed by atoms with van der Waals surface area (Å²) in [4.78, 5) is 15.3. The Balaban J connectivity index is 2.20. The Labute approximate surface area is 99.3 Å². The molecule has 86 valence electrons. The maximum absolute atomic E-state index is 11.4. The lowest BCUT2D eigenvalue weighted by atomic mass is 10.2. The number of pyridine rings is 1. The standard InChI is InChI=1S/C13H12N2O2/c1-14-13(16)10-3-2-4-12(9-10)17-11-5-7-15-8-6-11/h2-9H,1H3,(H,14,16). The van der Waals surface area contributed by atoms with Crippen LogP contribution in [0.15, 0.2) is 48.8 Å². The molecule has 0 saturated carbocycles. The highest BCUT2D eigenvalue weighted by atomic mass is 16.5. The number of benzene rings is 1. The predicted molar refractivity (Wildman–Crippen MR) is 64.1 cm³/mol. The molecule has 0 unspecified atom stereocenters. The minimum atomic E-state index is -0.134. The zero-order chi connectivity index (χ0) is 12.1. The maximum atomic E-state index is 11.4. The van der Waals surface area contributed by atoms with Gasteiger partial charge in [-0.2, -0.15) is 0 Å². The first-order valence-electron chi connectivity index (χ1n) is 5.19. The van der Waals surface area contributed by atoms with Gasteiger partial charge in [0.2, 0.25) is 0 Å². The van der Waals surface area contributed by atoms with E-state index in [0.717, 1.165) is 0 Å². The molecule has 0 saturated heterocycles. The summed E-state index contributed by atoms with van der Waals surface area (Å²) in [5.41, 5.74) is 0.569. The van der Waals surface area contributed by atoms with Crippen LogP contribution in [0.4, 0.5) is 0 Å². The third-order valence-electron chi connectivity index (χ3n) is 2.21. The molecule has 1 heterocycles. The minimum absolute atomic E-state index is 0.134. The van der Waals surface area contributed by atoms with Gasteiger partial charge in [-0.1, -0.05) is 6.07 Å². The van der Waals surface area contributed by atoms with E-state index in [2.05, 4.69) is 10.3 Å². The van der Waals surface area contributed by atoms with Crippen LogP contribution in [-0.2, 0) is 0 Å². The second kappa shape index (κ2) is 5.12. The molecule has 2 rings (SSSR count). The van der Waals surface area contributed by atoms with Crippen LogP contribution >= 0.6 is 0 Å². The maximum Gasteiger partial charge on any atom is 0.251 e. The number of hydrogen-bond donors (Lipinski definition) is 1. The van der Waals surface area contributed by atoms with Gasteiger partial charge in [-0.3, -0.25) is 9.78 Å². The molecular formula is C13H12N2O2. The Morgan fingerprint density at radius 2 is 1.94 bits per heavy atom. The van der Waals surface area contributed by atoms with E-state index in [-0.39, 0.29) is 5.91 Å². The third-order valence-corrected chi connectivity index (χ3v) is 2.21. The fraction of sp³-hybridized carbons (Fsp3) is 0.0769. The molecule has 0 aliphatic carbocycles. The topological polar surface area (TPSA) is 51.2 Å². The van der Waals surface area contributed by atoms with E-state index in [1.807, 2.05) is 0 Å². The largest absolute Gasteiger partial charge is 0.457 e. The summed E-state index contributed by atoms with van der Waals surface area (Å²) in [5, 5.41) is 2.57. The van der Waals surface area contributed by atoms with Gasteiger partial charge in [-0.05, 0) is 30.3 Å². The number of carbonyl (C=O) groups excluding carboxylic acids is 1. The Kier molecular flexibility index (Phi) is 3.35. The predicted octanol–water partition coefficient (Wildman–Crippen LogP) is 2.23. The van der Waals surface area contributed by atoms with Crippen molar-refractivity contribution in [3.05, 3.63) is 54.4 Å². The Hall–Kier alpha value is -2.36. The number of aromatic nitrogens is 1. The van der Waals surface area contributed by atoms with Crippen molar-refractivity contribution in [1.29, 1.82) is 0 Å². The number of nitrogens with zero attached hydrogens (tertiary/aromatic N) is 1. The number of nitrogens with one attached hydrogen (secondary N) is 1. The SMILES string of the molecule is CNC(=O)c1cccc(Oc2ccncc2)c1. The van der Waals surface area contributed by atoms with Gasteiger partial charge in [-0.25, -0.2) is 0 Å². The van der Waals surface area contributed by atoms with Crippen molar-refractivity contribution in [3.8, 4) is 11.5 Å². The number of rotatable bonds is 3. The van der Waals surface area contributed by atoms with E-state index >= 15 is 0 Å². The Morgan fingerprint density at radius 3 is 2.65 bits per heavy atom. The van der Waals surface area contributed by atoms with Crippen LogP contribution in [0.2, 0.25) is 0 Å². The average molecular weight is 228 g/mol. The number of carbonyl (C=O) groups is 1. The number of ether oxygens (including phenoxy) is 1. The van der Waals surface area contributed by atoms with Crippen LogP contribution in [0, 0.1) is 0 Å². The van der Waals surface area contributed by atoms with Crippen LogP contribution in [0.1, 0.15) is 10.4 Å². The quantitative estimate of drug-likeness (QED) is 0.876. The molecule has 4 heteroatoms. The molecule has 0 bridgehead atoms. The summed E-state index contributed by atoms with van der Waals surface area (Å²) in [6.45, 7) is 0. The van der Waals surface area contributed by atoms with Gasteiger partial charge in [0.1, 0.15) is 11.5 Å². The molecule has 0 atom stereocenters. The molecule has 0 fully saturated rings. The Bertz CT molecular complexity index is 512. The normalized spacial score (nSPS) is 9.71. The third kappa shape index (κ3) is 2.81. The van der Waals surface area contributed by atoms with Crippen molar-refractivity contribution >= 4 is 5.91 Å². The van der Waals surface area contributed by atoms with Crippen LogP contribution in [0.25, 0.3) is 0 Å². The molecule has 4 nitrogen and oxygen atoms in total. The van der Waals surface area contributed by atoms with Gasteiger partial charge in [0, 0.05) is 25.0 Å². The first-order chi connectivity index (χ1) is 8.29. The number of hydrogen-bond acceptors (Lipinski definition) is 3. The zero-order valence-electron chi connectivity index (χ0n) is 9.38. The molecular weight excluding hydrogens is 216 g/mol. The van der Waals surface area contributed by atoms with E-state index in [4.69, 9.17) is 4.74 Å². The molecule has 17 heavy (non-hydrogen) atoms. The van der Waals surface area contributed by atoms with Gasteiger partial charge in [0.15, 0.2) is 0 Å².